The number of alkyl halides is 3. The highest BCUT2D eigenvalue weighted by molar-refractivity contribution is 5.15. The third-order valence-corrected chi connectivity index (χ3v) is 1.14. The third kappa shape index (κ3) is 1.84. The SMILES string of the molecule is COc1cc(C(F)(F)F)ncn1. The molecular formula is C6H5F3N2O. The molecule has 0 unspecified atom stereocenters. The Labute approximate surface area is 66.2 Å². The van der Waals surface area contributed by atoms with Crippen LogP contribution in [0, 0.1) is 0 Å². The van der Waals surface area contributed by atoms with Crippen molar-refractivity contribution in [1.82, 2.24) is 9.97 Å². The molecule has 0 saturated carbocycles. The van der Waals surface area contributed by atoms with E-state index in [0.29, 0.717) is 0 Å². The van der Waals surface area contributed by atoms with Gasteiger partial charge in [0.05, 0.1) is 7.11 Å². The summed E-state index contributed by atoms with van der Waals surface area (Å²) in [6.07, 6.45) is -3.64. The molecule has 1 aromatic rings. The zero-order chi connectivity index (χ0) is 9.19. The van der Waals surface area contributed by atoms with Crippen molar-refractivity contribution in [3.05, 3.63) is 18.1 Å². The van der Waals surface area contributed by atoms with Gasteiger partial charge in [-0.2, -0.15) is 13.2 Å². The smallest absolute Gasteiger partial charge is 0.433 e. The van der Waals surface area contributed by atoms with Gasteiger partial charge in [-0.1, -0.05) is 0 Å². The van der Waals surface area contributed by atoms with Crippen LogP contribution in [0.25, 0.3) is 0 Å². The standard InChI is InChI=1S/C6H5F3N2O/c1-12-5-2-4(6(7,8)9)10-3-11-5/h2-3H,1H3. The molecule has 1 aromatic heterocycles. The van der Waals surface area contributed by atoms with Crippen molar-refractivity contribution in [1.29, 1.82) is 0 Å². The van der Waals surface area contributed by atoms with Crippen molar-refractivity contribution in [3.63, 3.8) is 0 Å². The number of hydrogen-bond donors (Lipinski definition) is 0. The molecule has 12 heavy (non-hydrogen) atoms. The first kappa shape index (κ1) is 8.76. The Morgan fingerprint density at radius 2 is 2.00 bits per heavy atom. The van der Waals surface area contributed by atoms with Gasteiger partial charge in [0.1, 0.15) is 6.33 Å². The van der Waals surface area contributed by atoms with E-state index in [1.807, 2.05) is 0 Å². The maximum absolute atomic E-state index is 12.0. The lowest BCUT2D eigenvalue weighted by Crippen LogP contribution is -2.08. The van der Waals surface area contributed by atoms with Gasteiger partial charge in [-0.05, 0) is 0 Å². The largest absolute Gasteiger partial charge is 0.481 e. The number of nitrogens with zero attached hydrogens (tertiary/aromatic N) is 2. The van der Waals surface area contributed by atoms with Gasteiger partial charge in [-0.15, -0.1) is 0 Å². The van der Waals surface area contributed by atoms with Crippen LogP contribution in [0.5, 0.6) is 5.88 Å². The predicted molar refractivity (Wildman–Crippen MR) is 33.6 cm³/mol. The molecule has 0 aliphatic heterocycles. The lowest BCUT2D eigenvalue weighted by atomic mass is 10.4. The number of methoxy groups -OCH3 is 1. The highest BCUT2D eigenvalue weighted by Gasteiger charge is 2.32. The van der Waals surface area contributed by atoms with Crippen LogP contribution in [0.1, 0.15) is 5.69 Å². The zero-order valence-electron chi connectivity index (χ0n) is 6.09. The molecule has 0 bridgehead atoms. The van der Waals surface area contributed by atoms with Crippen LogP contribution in [0.2, 0.25) is 0 Å². The van der Waals surface area contributed by atoms with E-state index in [2.05, 4.69) is 14.7 Å². The van der Waals surface area contributed by atoms with Gasteiger partial charge in [-0.25, -0.2) is 9.97 Å². The molecule has 0 aliphatic carbocycles. The monoisotopic (exact) mass is 178 g/mol. The van der Waals surface area contributed by atoms with Crippen LogP contribution < -0.4 is 4.74 Å². The summed E-state index contributed by atoms with van der Waals surface area (Å²) in [5.41, 5.74) is -1.01. The molecule has 0 amide bonds. The van der Waals surface area contributed by atoms with Gasteiger partial charge in [0.15, 0.2) is 5.69 Å². The van der Waals surface area contributed by atoms with Gasteiger partial charge in [0, 0.05) is 6.07 Å². The molecule has 0 saturated heterocycles. The lowest BCUT2D eigenvalue weighted by molar-refractivity contribution is -0.141. The number of halogens is 3. The lowest BCUT2D eigenvalue weighted by Gasteiger charge is -2.05. The van der Waals surface area contributed by atoms with Crippen LogP contribution in [0.15, 0.2) is 12.4 Å². The van der Waals surface area contributed by atoms with E-state index in [1.165, 1.54) is 7.11 Å². The normalized spacial score (nSPS) is 11.3. The van der Waals surface area contributed by atoms with Crippen LogP contribution in [-0.4, -0.2) is 17.1 Å². The molecule has 0 aliphatic rings. The maximum Gasteiger partial charge on any atom is 0.433 e. The Bertz CT molecular complexity index is 274. The Balaban J connectivity index is 3.02. The Morgan fingerprint density at radius 1 is 1.33 bits per heavy atom. The van der Waals surface area contributed by atoms with Crippen molar-refractivity contribution < 1.29 is 17.9 Å². The number of hydrogen-bond acceptors (Lipinski definition) is 3. The minimum atomic E-state index is -4.45. The van der Waals surface area contributed by atoms with E-state index in [9.17, 15) is 13.2 Å². The van der Waals surface area contributed by atoms with Crippen LogP contribution in [0.4, 0.5) is 13.2 Å². The van der Waals surface area contributed by atoms with Gasteiger partial charge in [0.2, 0.25) is 5.88 Å². The molecule has 6 heteroatoms. The van der Waals surface area contributed by atoms with Crippen molar-refractivity contribution in [3.8, 4) is 5.88 Å². The van der Waals surface area contributed by atoms with Crippen LogP contribution >= 0.6 is 0 Å². The second kappa shape index (κ2) is 2.96. The van der Waals surface area contributed by atoms with Crippen molar-refractivity contribution in [2.24, 2.45) is 0 Å². The number of aromatic nitrogens is 2. The van der Waals surface area contributed by atoms with E-state index < -0.39 is 11.9 Å². The number of ether oxygens (including phenoxy) is 1. The van der Waals surface area contributed by atoms with Crippen molar-refractivity contribution in [2.75, 3.05) is 7.11 Å². The fourth-order valence-electron chi connectivity index (χ4n) is 0.606. The fraction of sp³-hybridized carbons (Fsp3) is 0.333. The third-order valence-electron chi connectivity index (χ3n) is 1.14. The molecule has 3 nitrogen and oxygen atoms in total. The second-order valence-electron chi connectivity index (χ2n) is 1.94. The topological polar surface area (TPSA) is 35.0 Å². The minimum absolute atomic E-state index is 0.0997. The van der Waals surface area contributed by atoms with Gasteiger partial charge in [0.25, 0.3) is 0 Å². The fourth-order valence-corrected chi connectivity index (χ4v) is 0.606. The summed E-state index contributed by atoms with van der Waals surface area (Å²) in [7, 11) is 1.24. The summed E-state index contributed by atoms with van der Waals surface area (Å²) >= 11 is 0. The molecule has 0 spiro atoms. The Morgan fingerprint density at radius 3 is 2.50 bits per heavy atom. The van der Waals surface area contributed by atoms with Gasteiger partial charge in [-0.3, -0.25) is 0 Å². The number of rotatable bonds is 1. The van der Waals surface area contributed by atoms with E-state index >= 15 is 0 Å². The van der Waals surface area contributed by atoms with Gasteiger partial charge < -0.3 is 4.74 Å². The zero-order valence-corrected chi connectivity index (χ0v) is 6.09. The summed E-state index contributed by atoms with van der Waals surface area (Å²) in [6, 6.07) is 0.736. The molecular weight excluding hydrogens is 173 g/mol. The van der Waals surface area contributed by atoms with E-state index in [4.69, 9.17) is 0 Å². The predicted octanol–water partition coefficient (Wildman–Crippen LogP) is 1.50. The summed E-state index contributed by atoms with van der Waals surface area (Å²) < 4.78 is 40.4. The summed E-state index contributed by atoms with van der Waals surface area (Å²) in [5.74, 6) is -0.0997. The average molecular weight is 178 g/mol. The molecule has 0 N–H and O–H groups in total. The van der Waals surface area contributed by atoms with Crippen molar-refractivity contribution >= 4 is 0 Å². The molecule has 0 radical (unpaired) electrons. The highest BCUT2D eigenvalue weighted by Crippen LogP contribution is 2.28. The average Bonchev–Trinajstić information content (AvgIpc) is 2.03. The summed E-state index contributed by atoms with van der Waals surface area (Å²) in [6.45, 7) is 0. The second-order valence-corrected chi connectivity index (χ2v) is 1.94. The van der Waals surface area contributed by atoms with Crippen LogP contribution in [-0.2, 0) is 6.18 Å². The van der Waals surface area contributed by atoms with Crippen LogP contribution in [0.3, 0.4) is 0 Å². The first-order chi connectivity index (χ1) is 5.54. The quantitative estimate of drug-likeness (QED) is 0.653. The first-order valence-corrected chi connectivity index (χ1v) is 2.97. The summed E-state index contributed by atoms with van der Waals surface area (Å²) in [5, 5.41) is 0. The van der Waals surface area contributed by atoms with E-state index in [0.717, 1.165) is 12.4 Å². The molecule has 0 fully saturated rings. The molecule has 1 rings (SSSR count). The Hall–Kier alpha value is -1.33. The van der Waals surface area contributed by atoms with Crippen molar-refractivity contribution in [2.45, 2.75) is 6.18 Å². The highest BCUT2D eigenvalue weighted by atomic mass is 19.4. The Kier molecular flexibility index (Phi) is 2.16. The summed E-state index contributed by atoms with van der Waals surface area (Å²) in [4.78, 5) is 6.48. The minimum Gasteiger partial charge on any atom is -0.481 e. The van der Waals surface area contributed by atoms with E-state index in [-0.39, 0.29) is 5.88 Å². The molecule has 0 atom stereocenters. The first-order valence-electron chi connectivity index (χ1n) is 2.97. The van der Waals surface area contributed by atoms with Gasteiger partial charge >= 0.3 is 6.18 Å². The molecule has 66 valence electrons. The maximum atomic E-state index is 12.0. The molecule has 1 heterocycles. The molecule has 0 aromatic carbocycles. The van der Waals surface area contributed by atoms with E-state index in [1.54, 1.807) is 0 Å².